The van der Waals surface area contributed by atoms with Crippen LogP contribution in [-0.4, -0.2) is 42.7 Å². The van der Waals surface area contributed by atoms with Crippen LogP contribution in [0.15, 0.2) is 18.2 Å². The van der Waals surface area contributed by atoms with Crippen LogP contribution < -0.4 is 10.1 Å². The normalized spacial score (nSPS) is 31.0. The van der Waals surface area contributed by atoms with Crippen molar-refractivity contribution in [2.24, 2.45) is 0 Å². The summed E-state index contributed by atoms with van der Waals surface area (Å²) in [6.07, 6.45) is 1.23. The fourth-order valence-corrected chi connectivity index (χ4v) is 3.35. The Morgan fingerprint density at radius 1 is 1.32 bits per heavy atom. The molecule has 1 N–H and O–H groups in total. The molecule has 2 aliphatic heterocycles. The summed E-state index contributed by atoms with van der Waals surface area (Å²) >= 11 is 6.04. The number of nitrogens with zero attached hydrogens (tertiary/aromatic N) is 1. The highest BCUT2D eigenvalue weighted by molar-refractivity contribution is 6.30. The number of fused-ring (bicyclic) bond motifs is 1. The molecule has 0 amide bonds. The third-order valence-electron chi connectivity index (χ3n) is 4.19. The summed E-state index contributed by atoms with van der Waals surface area (Å²) in [7, 11) is 0. The van der Waals surface area contributed by atoms with Gasteiger partial charge < -0.3 is 10.1 Å². The first-order chi connectivity index (χ1) is 9.13. The summed E-state index contributed by atoms with van der Waals surface area (Å²) < 4.78 is 6.04. The Kier molecular flexibility index (Phi) is 3.70. The molecule has 19 heavy (non-hydrogen) atoms. The zero-order valence-corrected chi connectivity index (χ0v) is 12.3. The second-order valence-corrected chi connectivity index (χ2v) is 6.19. The average Bonchev–Trinajstić information content (AvgIpc) is 2.75. The Bertz CT molecular complexity index is 455. The van der Waals surface area contributed by atoms with Gasteiger partial charge in [-0.25, -0.2) is 0 Å². The van der Waals surface area contributed by atoms with Gasteiger partial charge in [0, 0.05) is 43.2 Å². The molecule has 2 heterocycles. The van der Waals surface area contributed by atoms with Gasteiger partial charge in [0.15, 0.2) is 0 Å². The zero-order valence-electron chi connectivity index (χ0n) is 11.5. The van der Waals surface area contributed by atoms with Gasteiger partial charge in [0.2, 0.25) is 0 Å². The maximum Gasteiger partial charge on any atom is 0.123 e. The van der Waals surface area contributed by atoms with Gasteiger partial charge in [0.25, 0.3) is 0 Å². The van der Waals surface area contributed by atoms with E-state index >= 15 is 0 Å². The predicted molar refractivity (Wildman–Crippen MR) is 78.1 cm³/mol. The molecule has 3 atom stereocenters. The number of halogens is 1. The monoisotopic (exact) mass is 280 g/mol. The van der Waals surface area contributed by atoms with Crippen molar-refractivity contribution in [3.63, 3.8) is 0 Å². The van der Waals surface area contributed by atoms with Crippen LogP contribution in [-0.2, 0) is 6.42 Å². The van der Waals surface area contributed by atoms with Crippen molar-refractivity contribution in [1.29, 1.82) is 0 Å². The first-order valence-electron chi connectivity index (χ1n) is 7.05. The Morgan fingerprint density at radius 3 is 2.79 bits per heavy atom. The molecule has 0 aliphatic carbocycles. The van der Waals surface area contributed by atoms with Gasteiger partial charge in [-0.05, 0) is 37.6 Å². The number of piperazine rings is 1. The molecule has 0 radical (unpaired) electrons. The van der Waals surface area contributed by atoms with Crippen molar-refractivity contribution < 1.29 is 4.74 Å². The van der Waals surface area contributed by atoms with Crippen molar-refractivity contribution in [3.05, 3.63) is 28.8 Å². The van der Waals surface area contributed by atoms with Gasteiger partial charge in [-0.3, -0.25) is 4.90 Å². The van der Waals surface area contributed by atoms with Gasteiger partial charge in [0.05, 0.1) is 0 Å². The summed E-state index contributed by atoms with van der Waals surface area (Å²) in [4.78, 5) is 2.55. The Hall–Kier alpha value is -0.770. The minimum atomic E-state index is 0.261. The van der Waals surface area contributed by atoms with E-state index in [2.05, 4.69) is 24.1 Å². The highest BCUT2D eigenvalue weighted by Crippen LogP contribution is 2.31. The van der Waals surface area contributed by atoms with Crippen molar-refractivity contribution in [2.45, 2.75) is 38.5 Å². The lowest BCUT2D eigenvalue weighted by Crippen LogP contribution is -2.57. The van der Waals surface area contributed by atoms with Crippen LogP contribution in [0.25, 0.3) is 0 Å². The Morgan fingerprint density at radius 2 is 2.05 bits per heavy atom. The zero-order chi connectivity index (χ0) is 13.4. The highest BCUT2D eigenvalue weighted by Gasteiger charge is 2.30. The molecule has 3 rings (SSSR count). The molecule has 1 aromatic rings. The molecule has 0 bridgehead atoms. The van der Waals surface area contributed by atoms with Crippen molar-refractivity contribution >= 4 is 11.6 Å². The average molecular weight is 281 g/mol. The molecule has 104 valence electrons. The predicted octanol–water partition coefficient (Wildman–Crippen LogP) is 2.33. The molecule has 1 saturated heterocycles. The Balaban J connectivity index is 1.66. The molecule has 3 unspecified atom stereocenters. The lowest BCUT2D eigenvalue weighted by Gasteiger charge is -2.40. The fraction of sp³-hybridized carbons (Fsp3) is 0.600. The van der Waals surface area contributed by atoms with Crippen LogP contribution in [0.4, 0.5) is 0 Å². The lowest BCUT2D eigenvalue weighted by molar-refractivity contribution is 0.0687. The maximum atomic E-state index is 6.04. The van der Waals surface area contributed by atoms with Crippen LogP contribution in [0.2, 0.25) is 5.02 Å². The van der Waals surface area contributed by atoms with Crippen LogP contribution in [0.1, 0.15) is 19.4 Å². The third-order valence-corrected chi connectivity index (χ3v) is 4.43. The molecular formula is C15H21ClN2O. The second-order valence-electron chi connectivity index (χ2n) is 5.75. The van der Waals surface area contributed by atoms with E-state index in [1.54, 1.807) is 0 Å². The van der Waals surface area contributed by atoms with Gasteiger partial charge in [-0.15, -0.1) is 0 Å². The van der Waals surface area contributed by atoms with Gasteiger partial charge in [-0.2, -0.15) is 0 Å². The minimum Gasteiger partial charge on any atom is -0.488 e. The van der Waals surface area contributed by atoms with E-state index in [0.29, 0.717) is 12.1 Å². The first-order valence-corrected chi connectivity index (χ1v) is 7.43. The third kappa shape index (κ3) is 2.73. The molecule has 3 nitrogen and oxygen atoms in total. The number of benzene rings is 1. The highest BCUT2D eigenvalue weighted by atomic mass is 35.5. The summed E-state index contributed by atoms with van der Waals surface area (Å²) in [5, 5.41) is 4.26. The van der Waals surface area contributed by atoms with Crippen LogP contribution in [0, 0.1) is 0 Å². The summed E-state index contributed by atoms with van der Waals surface area (Å²) in [5.74, 6) is 1.00. The largest absolute Gasteiger partial charge is 0.488 e. The molecule has 0 saturated carbocycles. The molecule has 2 aliphatic rings. The molecular weight excluding hydrogens is 260 g/mol. The SMILES string of the molecule is CC1CNCC(C)N1CC1Cc2cc(Cl)ccc2O1. The number of hydrogen-bond donors (Lipinski definition) is 1. The second kappa shape index (κ2) is 5.31. The summed E-state index contributed by atoms with van der Waals surface area (Å²) in [6, 6.07) is 7.06. The molecule has 0 spiro atoms. The van der Waals surface area contributed by atoms with Gasteiger partial charge in [0.1, 0.15) is 11.9 Å². The van der Waals surface area contributed by atoms with Crippen LogP contribution in [0.3, 0.4) is 0 Å². The van der Waals surface area contributed by atoms with Crippen molar-refractivity contribution in [1.82, 2.24) is 10.2 Å². The van der Waals surface area contributed by atoms with E-state index in [9.17, 15) is 0 Å². The van der Waals surface area contributed by atoms with E-state index < -0.39 is 0 Å². The number of rotatable bonds is 2. The fourth-order valence-electron chi connectivity index (χ4n) is 3.16. The van der Waals surface area contributed by atoms with E-state index in [0.717, 1.165) is 36.8 Å². The standard InChI is InChI=1S/C15H21ClN2O/c1-10-7-17-8-11(2)18(10)9-14-6-12-5-13(16)3-4-15(12)19-14/h3-5,10-11,14,17H,6-9H2,1-2H3. The lowest BCUT2D eigenvalue weighted by atomic mass is 10.1. The van der Waals surface area contributed by atoms with Crippen molar-refractivity contribution in [3.8, 4) is 5.75 Å². The van der Waals surface area contributed by atoms with Crippen LogP contribution >= 0.6 is 11.6 Å². The van der Waals surface area contributed by atoms with E-state index in [-0.39, 0.29) is 6.10 Å². The molecule has 1 fully saturated rings. The maximum absolute atomic E-state index is 6.04. The van der Waals surface area contributed by atoms with E-state index in [1.165, 1.54) is 5.56 Å². The topological polar surface area (TPSA) is 24.5 Å². The van der Waals surface area contributed by atoms with Crippen molar-refractivity contribution in [2.75, 3.05) is 19.6 Å². The quantitative estimate of drug-likeness (QED) is 0.900. The van der Waals surface area contributed by atoms with Gasteiger partial charge in [-0.1, -0.05) is 11.6 Å². The van der Waals surface area contributed by atoms with Gasteiger partial charge >= 0.3 is 0 Å². The Labute approximate surface area is 119 Å². The van der Waals surface area contributed by atoms with Crippen LogP contribution in [0.5, 0.6) is 5.75 Å². The number of hydrogen-bond acceptors (Lipinski definition) is 3. The summed E-state index contributed by atoms with van der Waals surface area (Å²) in [5.41, 5.74) is 1.24. The first kappa shape index (κ1) is 13.2. The molecule has 1 aromatic carbocycles. The van der Waals surface area contributed by atoms with E-state index in [4.69, 9.17) is 16.3 Å². The number of ether oxygens (including phenoxy) is 1. The minimum absolute atomic E-state index is 0.261. The molecule has 4 heteroatoms. The summed E-state index contributed by atoms with van der Waals surface area (Å²) in [6.45, 7) is 7.69. The van der Waals surface area contributed by atoms with E-state index in [1.807, 2.05) is 18.2 Å². The molecule has 0 aromatic heterocycles. The smallest absolute Gasteiger partial charge is 0.123 e. The number of nitrogens with one attached hydrogen (secondary N) is 1.